The third-order valence-corrected chi connectivity index (χ3v) is 5.05. The van der Waals surface area contributed by atoms with Gasteiger partial charge in [0.1, 0.15) is 11.3 Å². The van der Waals surface area contributed by atoms with Crippen molar-refractivity contribution in [2.75, 3.05) is 6.54 Å². The van der Waals surface area contributed by atoms with E-state index in [1.165, 1.54) is 0 Å². The summed E-state index contributed by atoms with van der Waals surface area (Å²) < 4.78 is 2.01. The van der Waals surface area contributed by atoms with E-state index < -0.39 is 0 Å². The summed E-state index contributed by atoms with van der Waals surface area (Å²) in [5.74, 6) is 1.58. The summed E-state index contributed by atoms with van der Waals surface area (Å²) in [6.45, 7) is 0.780. The summed E-state index contributed by atoms with van der Waals surface area (Å²) in [6.07, 6.45) is 10.4. The molecule has 0 saturated carbocycles. The van der Waals surface area contributed by atoms with Gasteiger partial charge in [0, 0.05) is 37.3 Å². The number of aromatic nitrogens is 3. The SMILES string of the molecule is O=C1CCCC2CCC(c3ncc4c(Cl)nccn34)CN12. The van der Waals surface area contributed by atoms with Crippen molar-refractivity contribution in [3.05, 3.63) is 29.6 Å². The molecule has 0 radical (unpaired) electrons. The molecule has 0 aromatic carbocycles. The van der Waals surface area contributed by atoms with Crippen molar-refractivity contribution in [2.45, 2.75) is 44.1 Å². The quantitative estimate of drug-likeness (QED) is 0.814. The normalized spacial score (nSPS) is 26.1. The van der Waals surface area contributed by atoms with Crippen LogP contribution in [0.3, 0.4) is 0 Å². The zero-order valence-electron chi connectivity index (χ0n) is 11.7. The van der Waals surface area contributed by atoms with Crippen LogP contribution in [-0.4, -0.2) is 37.8 Å². The molecule has 4 rings (SSSR count). The third kappa shape index (κ3) is 2.11. The average Bonchev–Trinajstić information content (AvgIpc) is 2.93. The second-order valence-corrected chi connectivity index (χ2v) is 6.31. The Kier molecular flexibility index (Phi) is 3.10. The molecule has 2 atom stereocenters. The fraction of sp³-hybridized carbons (Fsp3) is 0.533. The van der Waals surface area contributed by atoms with Crippen molar-refractivity contribution in [2.24, 2.45) is 0 Å². The Morgan fingerprint density at radius 3 is 3.05 bits per heavy atom. The number of rotatable bonds is 1. The molecular formula is C15H17ClN4O. The summed E-state index contributed by atoms with van der Waals surface area (Å²) in [4.78, 5) is 22.8. The maximum Gasteiger partial charge on any atom is 0.222 e. The van der Waals surface area contributed by atoms with Gasteiger partial charge in [-0.1, -0.05) is 11.6 Å². The molecule has 4 heterocycles. The molecule has 0 aliphatic carbocycles. The Balaban J connectivity index is 1.67. The van der Waals surface area contributed by atoms with E-state index in [0.717, 1.165) is 43.6 Å². The van der Waals surface area contributed by atoms with Crippen LogP contribution in [0.5, 0.6) is 0 Å². The van der Waals surface area contributed by atoms with Crippen LogP contribution in [0.25, 0.3) is 5.52 Å². The van der Waals surface area contributed by atoms with Crippen molar-refractivity contribution >= 4 is 23.0 Å². The van der Waals surface area contributed by atoms with Gasteiger partial charge in [0.2, 0.25) is 5.91 Å². The number of carbonyl (C=O) groups excluding carboxylic acids is 1. The van der Waals surface area contributed by atoms with Crippen LogP contribution >= 0.6 is 11.6 Å². The van der Waals surface area contributed by atoms with E-state index in [1.807, 2.05) is 10.6 Å². The van der Waals surface area contributed by atoms with E-state index in [-0.39, 0.29) is 5.92 Å². The highest BCUT2D eigenvalue weighted by Gasteiger charge is 2.35. The zero-order valence-corrected chi connectivity index (χ0v) is 12.5. The van der Waals surface area contributed by atoms with Gasteiger partial charge in [-0.3, -0.25) is 9.20 Å². The standard InChI is InChI=1S/C15H17ClN4O/c16-14-12-8-18-15(19(12)7-6-17-14)10-4-5-11-2-1-3-13(21)20(11)9-10/h6-8,10-11H,1-5,9H2. The number of amides is 1. The monoisotopic (exact) mass is 304 g/mol. The number of hydrogen-bond acceptors (Lipinski definition) is 3. The molecule has 2 aromatic heterocycles. The van der Waals surface area contributed by atoms with Crippen LogP contribution in [-0.2, 0) is 4.79 Å². The van der Waals surface area contributed by atoms with Crippen molar-refractivity contribution in [1.82, 2.24) is 19.3 Å². The number of halogens is 1. The van der Waals surface area contributed by atoms with Gasteiger partial charge < -0.3 is 4.90 Å². The second kappa shape index (κ2) is 4.98. The van der Waals surface area contributed by atoms with Gasteiger partial charge in [-0.2, -0.15) is 0 Å². The maximum atomic E-state index is 12.1. The average molecular weight is 305 g/mol. The van der Waals surface area contributed by atoms with Gasteiger partial charge >= 0.3 is 0 Å². The van der Waals surface area contributed by atoms with Gasteiger partial charge in [0.25, 0.3) is 0 Å². The number of nitrogens with zero attached hydrogens (tertiary/aromatic N) is 4. The number of hydrogen-bond donors (Lipinski definition) is 0. The van der Waals surface area contributed by atoms with E-state index >= 15 is 0 Å². The van der Waals surface area contributed by atoms with E-state index in [4.69, 9.17) is 11.6 Å². The molecule has 2 aromatic rings. The summed E-state index contributed by atoms with van der Waals surface area (Å²) in [5, 5.41) is 0.471. The number of imidazole rings is 1. The molecule has 1 amide bonds. The minimum atomic E-state index is 0.282. The molecule has 6 heteroatoms. The molecule has 2 saturated heterocycles. The summed E-state index contributed by atoms with van der Waals surface area (Å²) in [7, 11) is 0. The zero-order chi connectivity index (χ0) is 14.4. The highest BCUT2D eigenvalue weighted by molar-refractivity contribution is 6.32. The predicted molar refractivity (Wildman–Crippen MR) is 79.3 cm³/mol. The number of fused-ring (bicyclic) bond motifs is 2. The van der Waals surface area contributed by atoms with Crippen molar-refractivity contribution in [1.29, 1.82) is 0 Å². The van der Waals surface area contributed by atoms with Crippen LogP contribution in [0.4, 0.5) is 0 Å². The highest BCUT2D eigenvalue weighted by Crippen LogP contribution is 2.34. The Morgan fingerprint density at radius 1 is 1.24 bits per heavy atom. The lowest BCUT2D eigenvalue weighted by Gasteiger charge is -2.42. The largest absolute Gasteiger partial charge is 0.339 e. The predicted octanol–water partition coefficient (Wildman–Crippen LogP) is 2.64. The van der Waals surface area contributed by atoms with E-state index in [2.05, 4.69) is 14.9 Å². The van der Waals surface area contributed by atoms with Gasteiger partial charge in [-0.05, 0) is 25.7 Å². The van der Waals surface area contributed by atoms with Gasteiger partial charge in [-0.15, -0.1) is 0 Å². The molecular weight excluding hydrogens is 288 g/mol. The minimum absolute atomic E-state index is 0.282. The smallest absolute Gasteiger partial charge is 0.222 e. The lowest BCUT2D eigenvalue weighted by Crippen LogP contribution is -2.48. The molecule has 21 heavy (non-hydrogen) atoms. The fourth-order valence-electron chi connectivity index (χ4n) is 3.69. The molecule has 2 unspecified atom stereocenters. The third-order valence-electron chi connectivity index (χ3n) is 4.76. The van der Waals surface area contributed by atoms with Crippen molar-refractivity contribution in [3.63, 3.8) is 0 Å². The molecule has 0 N–H and O–H groups in total. The van der Waals surface area contributed by atoms with Crippen LogP contribution < -0.4 is 0 Å². The van der Waals surface area contributed by atoms with Crippen LogP contribution in [0.15, 0.2) is 18.6 Å². The van der Waals surface area contributed by atoms with Crippen LogP contribution in [0, 0.1) is 0 Å². The van der Waals surface area contributed by atoms with Crippen LogP contribution in [0.2, 0.25) is 5.15 Å². The Hall–Kier alpha value is -1.62. The topological polar surface area (TPSA) is 50.5 Å². The molecule has 2 aliphatic rings. The Bertz CT molecular complexity index is 698. The first-order chi connectivity index (χ1) is 10.2. The maximum absolute atomic E-state index is 12.1. The van der Waals surface area contributed by atoms with Crippen LogP contribution in [0.1, 0.15) is 43.8 Å². The Labute approximate surface area is 127 Å². The molecule has 110 valence electrons. The number of carbonyl (C=O) groups is 1. The fourth-order valence-corrected chi connectivity index (χ4v) is 3.89. The summed E-state index contributed by atoms with van der Waals surface area (Å²) in [5.41, 5.74) is 0.835. The van der Waals surface area contributed by atoms with E-state index in [0.29, 0.717) is 23.5 Å². The Morgan fingerprint density at radius 2 is 2.14 bits per heavy atom. The van der Waals surface area contributed by atoms with Gasteiger partial charge in [-0.25, -0.2) is 9.97 Å². The lowest BCUT2D eigenvalue weighted by molar-refractivity contribution is -0.138. The van der Waals surface area contributed by atoms with Gasteiger partial charge in [0.15, 0.2) is 5.15 Å². The van der Waals surface area contributed by atoms with Crippen molar-refractivity contribution in [3.8, 4) is 0 Å². The van der Waals surface area contributed by atoms with E-state index in [1.54, 1.807) is 12.4 Å². The molecule has 5 nitrogen and oxygen atoms in total. The minimum Gasteiger partial charge on any atom is -0.339 e. The highest BCUT2D eigenvalue weighted by atomic mass is 35.5. The first-order valence-electron chi connectivity index (χ1n) is 7.51. The van der Waals surface area contributed by atoms with Crippen molar-refractivity contribution < 1.29 is 4.79 Å². The second-order valence-electron chi connectivity index (χ2n) is 5.96. The lowest BCUT2D eigenvalue weighted by atomic mass is 9.87. The first-order valence-corrected chi connectivity index (χ1v) is 7.89. The van der Waals surface area contributed by atoms with E-state index in [9.17, 15) is 4.79 Å². The molecule has 2 aliphatic heterocycles. The first kappa shape index (κ1) is 13.1. The van der Waals surface area contributed by atoms with Gasteiger partial charge in [0.05, 0.1) is 6.20 Å². The number of piperidine rings is 2. The molecule has 2 fully saturated rings. The molecule has 0 spiro atoms. The molecule has 0 bridgehead atoms. The summed E-state index contributed by atoms with van der Waals surface area (Å²) >= 11 is 6.11. The summed E-state index contributed by atoms with van der Waals surface area (Å²) in [6, 6.07) is 0.444.